The van der Waals surface area contributed by atoms with E-state index in [1.165, 1.54) is 9.80 Å². The van der Waals surface area contributed by atoms with E-state index in [4.69, 9.17) is 27.9 Å². The summed E-state index contributed by atoms with van der Waals surface area (Å²) < 4.78 is 5.18. The van der Waals surface area contributed by atoms with Crippen molar-refractivity contribution in [2.24, 2.45) is 0 Å². The zero-order valence-electron chi connectivity index (χ0n) is 19.6. The predicted octanol–water partition coefficient (Wildman–Crippen LogP) is 4.92. The number of nitrogens with zero attached hydrogens (tertiary/aromatic N) is 2. The van der Waals surface area contributed by atoms with Crippen LogP contribution < -0.4 is 4.90 Å². The number of amides is 2. The molecule has 0 fully saturated rings. The summed E-state index contributed by atoms with van der Waals surface area (Å²) in [5.41, 5.74) is 1.57. The van der Waals surface area contributed by atoms with Crippen molar-refractivity contribution in [2.45, 2.75) is 45.8 Å². The first kappa shape index (κ1) is 27.3. The lowest BCUT2D eigenvalue weighted by Gasteiger charge is -2.23. The highest BCUT2D eigenvalue weighted by Crippen LogP contribution is 2.25. The number of anilines is 1. The molecule has 9 heteroatoms. The first-order valence-electron chi connectivity index (χ1n) is 10.9. The van der Waals surface area contributed by atoms with Gasteiger partial charge in [-0.1, -0.05) is 43.1 Å². The van der Waals surface area contributed by atoms with Crippen molar-refractivity contribution in [2.75, 3.05) is 19.0 Å². The maximum Gasteiger partial charge on any atom is 0.375 e. The second-order valence-corrected chi connectivity index (χ2v) is 8.73. The van der Waals surface area contributed by atoms with Crippen LogP contribution in [0.2, 0.25) is 10.0 Å². The normalized spacial score (nSPS) is 10.7. The summed E-state index contributed by atoms with van der Waals surface area (Å²) in [5, 5.41) is 0.692. The van der Waals surface area contributed by atoms with Crippen molar-refractivity contribution in [1.82, 2.24) is 4.90 Å². The van der Waals surface area contributed by atoms with E-state index in [1.54, 1.807) is 56.6 Å². The van der Waals surface area contributed by atoms with Gasteiger partial charge in [0.2, 0.25) is 11.7 Å². The molecule has 0 atom stereocenters. The smallest absolute Gasteiger partial charge is 0.375 e. The van der Waals surface area contributed by atoms with E-state index in [1.807, 2.05) is 13.8 Å². The lowest BCUT2D eigenvalue weighted by Crippen LogP contribution is -2.34. The molecule has 0 saturated heterocycles. The highest BCUT2D eigenvalue weighted by Gasteiger charge is 2.26. The summed E-state index contributed by atoms with van der Waals surface area (Å²) >= 11 is 12.1. The minimum absolute atomic E-state index is 0.0750. The summed E-state index contributed by atoms with van der Waals surface area (Å²) in [6.07, 6.45) is 0.120. The number of halogens is 2. The number of benzene rings is 2. The van der Waals surface area contributed by atoms with Crippen molar-refractivity contribution in [3.05, 3.63) is 63.6 Å². The third-order valence-corrected chi connectivity index (χ3v) is 5.92. The Morgan fingerprint density at radius 1 is 0.912 bits per heavy atom. The Kier molecular flexibility index (Phi) is 10.1. The molecule has 0 heterocycles. The quantitative estimate of drug-likeness (QED) is 0.259. The van der Waals surface area contributed by atoms with Crippen LogP contribution in [0.3, 0.4) is 0 Å². The molecule has 7 nitrogen and oxygen atoms in total. The van der Waals surface area contributed by atoms with E-state index in [0.717, 1.165) is 0 Å². The Morgan fingerprint density at radius 2 is 1.53 bits per heavy atom. The SMILES string of the molecule is CCC(CC)OC(=O)C(=O)CC(=O)N(Cc1ccc(Cl)c(Cl)c1)c1ccc(C(=O)N(C)C)cc1. The fourth-order valence-corrected chi connectivity index (χ4v) is 3.48. The molecule has 0 aliphatic rings. The Balaban J connectivity index is 2.29. The molecule has 2 aromatic rings. The number of hydrogen-bond acceptors (Lipinski definition) is 5. The number of esters is 1. The molecule has 0 bridgehead atoms. The summed E-state index contributed by atoms with van der Waals surface area (Å²) in [6, 6.07) is 11.3. The second-order valence-electron chi connectivity index (χ2n) is 7.92. The Hall–Kier alpha value is -2.90. The molecule has 2 amide bonds. The molecule has 0 aliphatic carbocycles. The van der Waals surface area contributed by atoms with Crippen LogP contribution in [0.25, 0.3) is 0 Å². The minimum Gasteiger partial charge on any atom is -0.457 e. The summed E-state index contributed by atoms with van der Waals surface area (Å²) in [7, 11) is 3.28. The van der Waals surface area contributed by atoms with Crippen LogP contribution in [0, 0.1) is 0 Å². The van der Waals surface area contributed by atoms with Gasteiger partial charge >= 0.3 is 5.97 Å². The number of ether oxygens (including phenoxy) is 1. The average Bonchev–Trinajstić information content (AvgIpc) is 2.82. The fourth-order valence-electron chi connectivity index (χ4n) is 3.16. The summed E-state index contributed by atoms with van der Waals surface area (Å²) in [4.78, 5) is 52.7. The van der Waals surface area contributed by atoms with Crippen LogP contribution in [0.15, 0.2) is 42.5 Å². The van der Waals surface area contributed by atoms with Crippen LogP contribution in [0.4, 0.5) is 5.69 Å². The maximum atomic E-state index is 13.1. The van der Waals surface area contributed by atoms with Crippen molar-refractivity contribution >= 4 is 52.5 Å². The molecule has 2 rings (SSSR count). The molecule has 0 spiro atoms. The highest BCUT2D eigenvalue weighted by atomic mass is 35.5. The maximum absolute atomic E-state index is 13.1. The summed E-state index contributed by atoms with van der Waals surface area (Å²) in [6.45, 7) is 3.77. The highest BCUT2D eigenvalue weighted by molar-refractivity contribution is 6.42. The third-order valence-electron chi connectivity index (χ3n) is 5.18. The largest absolute Gasteiger partial charge is 0.457 e. The van der Waals surface area contributed by atoms with Gasteiger partial charge in [-0.05, 0) is 54.8 Å². The van der Waals surface area contributed by atoms with Gasteiger partial charge < -0.3 is 14.5 Å². The first-order valence-corrected chi connectivity index (χ1v) is 11.6. The Bertz CT molecular complexity index is 1050. The lowest BCUT2D eigenvalue weighted by molar-refractivity contribution is -0.158. The van der Waals surface area contributed by atoms with Crippen molar-refractivity contribution in [3.8, 4) is 0 Å². The van der Waals surface area contributed by atoms with Crippen LogP contribution in [-0.4, -0.2) is 48.7 Å². The van der Waals surface area contributed by atoms with Gasteiger partial charge in [-0.3, -0.25) is 14.4 Å². The minimum atomic E-state index is -1.02. The van der Waals surface area contributed by atoms with Gasteiger partial charge in [-0.15, -0.1) is 0 Å². The number of hydrogen-bond donors (Lipinski definition) is 0. The lowest BCUT2D eigenvalue weighted by atomic mass is 10.1. The standard InChI is InChI=1S/C25H28Cl2N2O5/c1-5-19(6-2)34-25(33)22(30)14-23(31)29(15-16-7-12-20(26)21(27)13-16)18-10-8-17(9-11-18)24(32)28(3)4/h7-13,19H,5-6,14-15H2,1-4H3. The van der Waals surface area contributed by atoms with E-state index < -0.39 is 24.1 Å². The number of ketones is 1. The Labute approximate surface area is 209 Å². The molecule has 0 N–H and O–H groups in total. The van der Waals surface area contributed by atoms with Gasteiger partial charge in [0.25, 0.3) is 5.91 Å². The van der Waals surface area contributed by atoms with Gasteiger partial charge in [-0.2, -0.15) is 0 Å². The van der Waals surface area contributed by atoms with Crippen molar-refractivity contribution in [1.29, 1.82) is 0 Å². The molecule has 0 unspecified atom stereocenters. The fraction of sp³-hybridized carbons (Fsp3) is 0.360. The van der Waals surface area contributed by atoms with Crippen molar-refractivity contribution < 1.29 is 23.9 Å². The second kappa shape index (κ2) is 12.5. The van der Waals surface area contributed by atoms with Gasteiger partial charge in [0.05, 0.1) is 23.0 Å². The molecule has 182 valence electrons. The van der Waals surface area contributed by atoms with E-state index in [2.05, 4.69) is 0 Å². The molecule has 0 aliphatic heterocycles. The zero-order valence-corrected chi connectivity index (χ0v) is 21.2. The molecule has 0 aromatic heterocycles. The first-order chi connectivity index (χ1) is 16.1. The molecule has 34 heavy (non-hydrogen) atoms. The van der Waals surface area contributed by atoms with E-state index >= 15 is 0 Å². The predicted molar refractivity (Wildman–Crippen MR) is 132 cm³/mol. The number of carbonyl (C=O) groups excluding carboxylic acids is 4. The topological polar surface area (TPSA) is 84.0 Å². The van der Waals surface area contributed by atoms with Gasteiger partial charge in [0, 0.05) is 25.3 Å². The van der Waals surface area contributed by atoms with Gasteiger partial charge in [0.1, 0.15) is 6.10 Å². The monoisotopic (exact) mass is 506 g/mol. The molecule has 2 aromatic carbocycles. The van der Waals surface area contributed by atoms with Gasteiger partial charge in [0.15, 0.2) is 0 Å². The number of Topliss-reactive ketones (excluding diaryl/α,β-unsaturated/α-hetero) is 1. The number of rotatable bonds is 10. The van der Waals surface area contributed by atoms with E-state index in [9.17, 15) is 19.2 Å². The van der Waals surface area contributed by atoms with Crippen LogP contribution in [-0.2, 0) is 25.7 Å². The van der Waals surface area contributed by atoms with Crippen LogP contribution in [0.1, 0.15) is 49.0 Å². The van der Waals surface area contributed by atoms with E-state index in [0.29, 0.717) is 39.7 Å². The van der Waals surface area contributed by atoms with Crippen molar-refractivity contribution in [3.63, 3.8) is 0 Å². The molecular formula is C25H28Cl2N2O5. The average molecular weight is 507 g/mol. The van der Waals surface area contributed by atoms with Crippen LogP contribution in [0.5, 0.6) is 0 Å². The summed E-state index contributed by atoms with van der Waals surface area (Å²) in [5.74, 6) is -2.73. The van der Waals surface area contributed by atoms with Gasteiger partial charge in [-0.25, -0.2) is 4.79 Å². The zero-order chi connectivity index (χ0) is 25.4. The van der Waals surface area contributed by atoms with Crippen LogP contribution >= 0.6 is 23.2 Å². The molecular weight excluding hydrogens is 479 g/mol. The Morgan fingerprint density at radius 3 is 2.06 bits per heavy atom. The molecule has 0 saturated carbocycles. The molecule has 0 radical (unpaired) electrons. The van der Waals surface area contributed by atoms with E-state index in [-0.39, 0.29) is 18.6 Å². The number of carbonyl (C=O) groups is 4. The third kappa shape index (κ3) is 7.30.